The number of rotatable bonds is 6. The van der Waals surface area contributed by atoms with Gasteiger partial charge in [0, 0.05) is 35.0 Å². The second kappa shape index (κ2) is 8.91. The molecular weight excluding hydrogens is 440 g/mol. The molecule has 1 saturated heterocycles. The molecule has 6 rings (SSSR count). The van der Waals surface area contributed by atoms with Crippen LogP contribution in [0.3, 0.4) is 0 Å². The van der Waals surface area contributed by atoms with Crippen LogP contribution in [0.2, 0.25) is 0 Å². The van der Waals surface area contributed by atoms with Gasteiger partial charge in [-0.15, -0.1) is 0 Å². The predicted molar refractivity (Wildman–Crippen MR) is 136 cm³/mol. The summed E-state index contributed by atoms with van der Waals surface area (Å²) >= 11 is 0. The lowest BCUT2D eigenvalue weighted by molar-refractivity contribution is -0.0121. The fraction of sp³-hybridized carbons (Fsp3) is 0.519. The zero-order valence-corrected chi connectivity index (χ0v) is 21.0. The van der Waals surface area contributed by atoms with Gasteiger partial charge in [-0.25, -0.2) is 9.50 Å². The number of hydrogen-bond acceptors (Lipinski definition) is 6. The molecule has 1 aliphatic heterocycles. The van der Waals surface area contributed by atoms with E-state index in [4.69, 9.17) is 14.5 Å². The van der Waals surface area contributed by atoms with Crippen LogP contribution in [0.25, 0.3) is 27.9 Å². The molecule has 2 aliphatic rings. The van der Waals surface area contributed by atoms with Crippen molar-refractivity contribution in [2.75, 3.05) is 20.3 Å². The third-order valence-electron chi connectivity index (χ3n) is 7.69. The summed E-state index contributed by atoms with van der Waals surface area (Å²) in [7, 11) is 1.67. The highest BCUT2D eigenvalue weighted by atomic mass is 16.5. The number of aromatic nitrogens is 5. The van der Waals surface area contributed by atoms with Crippen molar-refractivity contribution in [3.05, 3.63) is 41.5 Å². The first-order valence-corrected chi connectivity index (χ1v) is 12.8. The molecule has 8 nitrogen and oxygen atoms in total. The molecule has 2 fully saturated rings. The summed E-state index contributed by atoms with van der Waals surface area (Å²) in [5.41, 5.74) is 8.75. The standard InChI is InChI=1S/C27H34N6O2/c1-15(2)23-25(18-10-22(34-4)27-28-14-29-33(27)11-18)31-21-9-16(3)24(32-26(21)23)17-5-7-19(8-6-17)30-20-12-35-13-20/h9-11,14-15,17,19-20,30-31H,5-8,12-13H2,1-4H3. The molecule has 8 heteroatoms. The van der Waals surface area contributed by atoms with Gasteiger partial charge < -0.3 is 19.8 Å². The van der Waals surface area contributed by atoms with E-state index < -0.39 is 0 Å². The number of ether oxygens (including phenoxy) is 2. The van der Waals surface area contributed by atoms with E-state index in [-0.39, 0.29) is 0 Å². The predicted octanol–water partition coefficient (Wildman–Crippen LogP) is 4.73. The van der Waals surface area contributed by atoms with Gasteiger partial charge in [0.25, 0.3) is 0 Å². The maximum absolute atomic E-state index is 5.62. The van der Waals surface area contributed by atoms with E-state index in [9.17, 15) is 0 Å². The van der Waals surface area contributed by atoms with E-state index in [0.717, 1.165) is 35.5 Å². The van der Waals surface area contributed by atoms with E-state index >= 15 is 0 Å². The van der Waals surface area contributed by atoms with Crippen LogP contribution in [0.1, 0.15) is 68.2 Å². The average molecular weight is 475 g/mol. The van der Waals surface area contributed by atoms with E-state index in [2.05, 4.69) is 47.2 Å². The second-order valence-electron chi connectivity index (χ2n) is 10.4. The maximum atomic E-state index is 5.62. The van der Waals surface area contributed by atoms with Crippen LogP contribution in [0.4, 0.5) is 0 Å². The Kier molecular flexibility index (Phi) is 5.73. The third kappa shape index (κ3) is 3.98. The molecule has 0 spiro atoms. The summed E-state index contributed by atoms with van der Waals surface area (Å²) in [5, 5.41) is 8.11. The summed E-state index contributed by atoms with van der Waals surface area (Å²) in [6.45, 7) is 8.40. The van der Waals surface area contributed by atoms with Crippen molar-refractivity contribution in [3.63, 3.8) is 0 Å². The molecule has 4 aromatic heterocycles. The van der Waals surface area contributed by atoms with Gasteiger partial charge in [-0.1, -0.05) is 13.8 Å². The van der Waals surface area contributed by atoms with Crippen LogP contribution in [-0.4, -0.2) is 57.0 Å². The summed E-state index contributed by atoms with van der Waals surface area (Å²) in [6, 6.07) is 5.48. The molecule has 2 N–H and O–H groups in total. The summed E-state index contributed by atoms with van der Waals surface area (Å²) in [5.74, 6) is 1.53. The number of methoxy groups -OCH3 is 1. The van der Waals surface area contributed by atoms with Crippen LogP contribution >= 0.6 is 0 Å². The number of aromatic amines is 1. The van der Waals surface area contributed by atoms with Crippen molar-refractivity contribution >= 4 is 16.7 Å². The van der Waals surface area contributed by atoms with Crippen molar-refractivity contribution in [2.24, 2.45) is 0 Å². The SMILES string of the molecule is COc1cc(-c2[nH]c3cc(C)c(C4CCC(NC5COC5)CC4)nc3c2C(C)C)cn2ncnc12. The number of H-pyrrole nitrogens is 1. The number of nitrogens with zero attached hydrogens (tertiary/aromatic N) is 4. The van der Waals surface area contributed by atoms with Crippen LogP contribution in [0.15, 0.2) is 24.7 Å². The Labute approximate surface area is 205 Å². The van der Waals surface area contributed by atoms with E-state index in [1.54, 1.807) is 18.0 Å². The van der Waals surface area contributed by atoms with Crippen LogP contribution < -0.4 is 10.1 Å². The Hall–Kier alpha value is -2.97. The molecular formula is C27H34N6O2. The van der Waals surface area contributed by atoms with Gasteiger partial charge in [0.05, 0.1) is 43.1 Å². The zero-order valence-electron chi connectivity index (χ0n) is 21.0. The van der Waals surface area contributed by atoms with Crippen molar-refractivity contribution in [1.82, 2.24) is 29.9 Å². The highest BCUT2D eigenvalue weighted by Gasteiger charge is 2.29. The highest BCUT2D eigenvalue weighted by Crippen LogP contribution is 2.40. The Bertz CT molecular complexity index is 1360. The minimum atomic E-state index is 0.309. The van der Waals surface area contributed by atoms with Gasteiger partial charge in [-0.05, 0) is 56.2 Å². The minimum absolute atomic E-state index is 0.309. The molecule has 4 aromatic rings. The largest absolute Gasteiger partial charge is 0.493 e. The summed E-state index contributed by atoms with van der Waals surface area (Å²) < 4.78 is 12.7. The fourth-order valence-electron chi connectivity index (χ4n) is 5.83. The van der Waals surface area contributed by atoms with Gasteiger partial charge in [-0.2, -0.15) is 5.10 Å². The normalized spacial score (nSPS) is 21.2. The van der Waals surface area contributed by atoms with Crippen molar-refractivity contribution in [3.8, 4) is 17.0 Å². The monoisotopic (exact) mass is 474 g/mol. The number of fused-ring (bicyclic) bond motifs is 2. The van der Waals surface area contributed by atoms with Gasteiger partial charge in [0.15, 0.2) is 11.4 Å². The van der Waals surface area contributed by atoms with E-state index in [1.165, 1.54) is 42.5 Å². The summed E-state index contributed by atoms with van der Waals surface area (Å²) in [6.07, 6.45) is 8.33. The Morgan fingerprint density at radius 1 is 1.14 bits per heavy atom. The third-order valence-corrected chi connectivity index (χ3v) is 7.69. The van der Waals surface area contributed by atoms with Crippen LogP contribution in [0.5, 0.6) is 5.75 Å². The Balaban J connectivity index is 1.36. The Morgan fingerprint density at radius 3 is 2.63 bits per heavy atom. The minimum Gasteiger partial charge on any atom is -0.493 e. The quantitative estimate of drug-likeness (QED) is 0.420. The van der Waals surface area contributed by atoms with E-state index in [0.29, 0.717) is 35.3 Å². The number of nitrogens with one attached hydrogen (secondary N) is 2. The zero-order chi connectivity index (χ0) is 24.1. The molecule has 0 unspecified atom stereocenters. The van der Waals surface area contributed by atoms with Gasteiger partial charge in [0.2, 0.25) is 0 Å². The first-order chi connectivity index (χ1) is 17.0. The highest BCUT2D eigenvalue weighted by molar-refractivity contribution is 5.89. The van der Waals surface area contributed by atoms with E-state index in [1.807, 2.05) is 12.3 Å². The lowest BCUT2D eigenvalue weighted by atomic mass is 9.82. The molecule has 184 valence electrons. The summed E-state index contributed by atoms with van der Waals surface area (Å²) in [4.78, 5) is 13.3. The van der Waals surface area contributed by atoms with Crippen molar-refractivity contribution in [2.45, 2.75) is 70.4 Å². The molecule has 0 atom stereocenters. The molecule has 0 aromatic carbocycles. The number of pyridine rings is 2. The lowest BCUT2D eigenvalue weighted by Crippen LogP contribution is -2.51. The number of aryl methyl sites for hydroxylation is 1. The smallest absolute Gasteiger partial charge is 0.197 e. The first-order valence-electron chi connectivity index (χ1n) is 12.8. The Morgan fingerprint density at radius 2 is 1.94 bits per heavy atom. The van der Waals surface area contributed by atoms with Crippen LogP contribution in [-0.2, 0) is 4.74 Å². The van der Waals surface area contributed by atoms with Gasteiger partial charge in [-0.3, -0.25) is 4.98 Å². The first kappa shape index (κ1) is 22.5. The van der Waals surface area contributed by atoms with Crippen LogP contribution in [0, 0.1) is 6.92 Å². The van der Waals surface area contributed by atoms with Crippen molar-refractivity contribution in [1.29, 1.82) is 0 Å². The molecule has 35 heavy (non-hydrogen) atoms. The molecule has 0 bridgehead atoms. The lowest BCUT2D eigenvalue weighted by Gasteiger charge is -2.35. The maximum Gasteiger partial charge on any atom is 0.197 e. The van der Waals surface area contributed by atoms with Gasteiger partial charge >= 0.3 is 0 Å². The molecule has 1 saturated carbocycles. The van der Waals surface area contributed by atoms with Gasteiger partial charge in [0.1, 0.15) is 6.33 Å². The fourth-order valence-corrected chi connectivity index (χ4v) is 5.83. The second-order valence-corrected chi connectivity index (χ2v) is 10.4. The average Bonchev–Trinajstić information content (AvgIpc) is 3.45. The molecule has 0 radical (unpaired) electrons. The molecule has 0 amide bonds. The van der Waals surface area contributed by atoms with Crippen molar-refractivity contribution < 1.29 is 9.47 Å². The number of hydrogen-bond donors (Lipinski definition) is 2. The topological polar surface area (TPSA) is 89.4 Å². The molecule has 5 heterocycles. The molecule has 1 aliphatic carbocycles.